The van der Waals surface area contributed by atoms with Crippen LogP contribution >= 0.6 is 0 Å². The Morgan fingerprint density at radius 1 is 1.03 bits per heavy atom. The maximum absolute atomic E-state index is 13.6. The molecule has 1 heterocycles. The fourth-order valence-electron chi connectivity index (χ4n) is 4.11. The van der Waals surface area contributed by atoms with E-state index >= 15 is 0 Å². The third-order valence-electron chi connectivity index (χ3n) is 5.65. The molecule has 0 radical (unpaired) electrons. The molecule has 1 aliphatic heterocycles. The van der Waals surface area contributed by atoms with Crippen molar-refractivity contribution in [2.75, 3.05) is 18.4 Å². The number of hydrogen-bond acceptors (Lipinski definition) is 3. The van der Waals surface area contributed by atoms with Crippen molar-refractivity contribution in [3.05, 3.63) is 95.8 Å². The number of carbonyl (C=O) groups excluding carboxylic acids is 1. The van der Waals surface area contributed by atoms with E-state index in [1.54, 1.807) is 18.2 Å². The van der Waals surface area contributed by atoms with Crippen LogP contribution in [-0.4, -0.2) is 35.0 Å². The minimum atomic E-state index is -0.264. The van der Waals surface area contributed by atoms with Crippen LogP contribution in [0, 0.1) is 11.7 Å². The molecular formula is C25H25FN2O2. The van der Waals surface area contributed by atoms with Gasteiger partial charge in [0.15, 0.2) is 0 Å². The molecule has 0 bridgehead atoms. The van der Waals surface area contributed by atoms with Crippen LogP contribution in [0.5, 0.6) is 5.75 Å². The van der Waals surface area contributed by atoms with E-state index < -0.39 is 0 Å². The van der Waals surface area contributed by atoms with Crippen molar-refractivity contribution in [3.63, 3.8) is 0 Å². The first kappa shape index (κ1) is 20.0. The van der Waals surface area contributed by atoms with Crippen molar-refractivity contribution in [2.24, 2.45) is 5.92 Å². The number of hydrogen-bond donors (Lipinski definition) is 2. The average Bonchev–Trinajstić information content (AvgIpc) is 2.76. The number of carbonyl (C=O) groups is 1. The highest BCUT2D eigenvalue weighted by Crippen LogP contribution is 2.26. The highest BCUT2D eigenvalue weighted by Gasteiger charge is 2.32. The Balaban J connectivity index is 1.53. The molecule has 0 aromatic heterocycles. The largest absolute Gasteiger partial charge is 0.508 e. The Morgan fingerprint density at radius 2 is 1.80 bits per heavy atom. The normalized spacial score (nSPS) is 18.8. The molecule has 1 aliphatic rings. The van der Waals surface area contributed by atoms with Gasteiger partial charge in [0.2, 0.25) is 0 Å². The van der Waals surface area contributed by atoms with E-state index in [0.29, 0.717) is 18.7 Å². The lowest BCUT2D eigenvalue weighted by Gasteiger charge is -2.39. The van der Waals surface area contributed by atoms with Gasteiger partial charge < -0.3 is 15.3 Å². The predicted octanol–water partition coefficient (Wildman–Crippen LogP) is 4.72. The Labute approximate surface area is 176 Å². The van der Waals surface area contributed by atoms with E-state index in [4.69, 9.17) is 0 Å². The molecular weight excluding hydrogens is 379 g/mol. The zero-order valence-corrected chi connectivity index (χ0v) is 16.7. The van der Waals surface area contributed by atoms with E-state index in [1.807, 2.05) is 29.2 Å². The monoisotopic (exact) mass is 404 g/mol. The second kappa shape index (κ2) is 8.99. The van der Waals surface area contributed by atoms with Gasteiger partial charge in [-0.25, -0.2) is 4.39 Å². The quantitative estimate of drug-likeness (QED) is 0.647. The molecule has 5 heteroatoms. The number of nitrogens with zero attached hydrogens (tertiary/aromatic N) is 1. The van der Waals surface area contributed by atoms with Crippen molar-refractivity contribution >= 4 is 11.6 Å². The number of phenolic OH excluding ortho intramolecular Hbond substituents is 1. The standard InChI is InChI=1S/C25H25FN2O2/c26-21-7-4-8-22(16-21)27-24-13-14-28(25(30)19-9-11-23(29)12-10-19)17-20(24)15-18-5-2-1-3-6-18/h1-12,16,20,24,27,29H,13-15,17H2/t20-,24+/m0/s1. The topological polar surface area (TPSA) is 52.6 Å². The van der Waals surface area contributed by atoms with Crippen LogP contribution in [0.15, 0.2) is 78.9 Å². The second-order valence-electron chi connectivity index (χ2n) is 7.80. The van der Waals surface area contributed by atoms with Crippen LogP contribution < -0.4 is 5.32 Å². The Morgan fingerprint density at radius 3 is 2.53 bits per heavy atom. The summed E-state index contributed by atoms with van der Waals surface area (Å²) in [7, 11) is 0. The van der Waals surface area contributed by atoms with E-state index in [9.17, 15) is 14.3 Å². The van der Waals surface area contributed by atoms with Crippen molar-refractivity contribution in [1.29, 1.82) is 0 Å². The SMILES string of the molecule is O=C(c1ccc(O)cc1)N1CC[C@@H](Nc2cccc(F)c2)[C@@H](Cc2ccccc2)C1. The molecule has 4 rings (SSSR count). The van der Waals surface area contributed by atoms with E-state index in [1.165, 1.54) is 29.8 Å². The zero-order chi connectivity index (χ0) is 20.9. The minimum Gasteiger partial charge on any atom is -0.508 e. The lowest BCUT2D eigenvalue weighted by atomic mass is 9.86. The molecule has 1 fully saturated rings. The summed E-state index contributed by atoms with van der Waals surface area (Å²) in [5, 5.41) is 13.0. The first-order chi connectivity index (χ1) is 14.6. The lowest BCUT2D eigenvalue weighted by molar-refractivity contribution is 0.0660. The van der Waals surface area contributed by atoms with Gasteiger partial charge in [0.05, 0.1) is 0 Å². The molecule has 0 aliphatic carbocycles. The van der Waals surface area contributed by atoms with Gasteiger partial charge in [-0.2, -0.15) is 0 Å². The Kier molecular flexibility index (Phi) is 5.98. The van der Waals surface area contributed by atoms with Crippen molar-refractivity contribution in [3.8, 4) is 5.75 Å². The smallest absolute Gasteiger partial charge is 0.253 e. The molecule has 30 heavy (non-hydrogen) atoms. The summed E-state index contributed by atoms with van der Waals surface area (Å²) in [5.41, 5.74) is 2.55. The molecule has 0 saturated carbocycles. The number of benzene rings is 3. The highest BCUT2D eigenvalue weighted by atomic mass is 19.1. The zero-order valence-electron chi connectivity index (χ0n) is 16.7. The first-order valence-corrected chi connectivity index (χ1v) is 10.2. The Hall–Kier alpha value is -3.34. The van der Waals surface area contributed by atoms with Crippen LogP contribution in [0.3, 0.4) is 0 Å². The number of aromatic hydroxyl groups is 1. The lowest BCUT2D eigenvalue weighted by Crippen LogP contribution is -2.49. The van der Waals surface area contributed by atoms with Crippen molar-refractivity contribution in [2.45, 2.75) is 18.9 Å². The summed E-state index contributed by atoms with van der Waals surface area (Å²) in [6.45, 7) is 1.24. The highest BCUT2D eigenvalue weighted by molar-refractivity contribution is 5.94. The van der Waals surface area contributed by atoms with Gasteiger partial charge >= 0.3 is 0 Å². The average molecular weight is 404 g/mol. The van der Waals surface area contributed by atoms with Gasteiger partial charge in [-0.05, 0) is 60.9 Å². The third-order valence-corrected chi connectivity index (χ3v) is 5.65. The number of anilines is 1. The van der Waals surface area contributed by atoms with Crippen LogP contribution in [0.4, 0.5) is 10.1 Å². The molecule has 0 unspecified atom stereocenters. The van der Waals surface area contributed by atoms with Crippen molar-refractivity contribution < 1.29 is 14.3 Å². The molecule has 1 saturated heterocycles. The number of piperidine rings is 1. The molecule has 3 aromatic rings. The molecule has 1 amide bonds. The van der Waals surface area contributed by atoms with Crippen LogP contribution in [0.25, 0.3) is 0 Å². The fourth-order valence-corrected chi connectivity index (χ4v) is 4.11. The van der Waals surface area contributed by atoms with E-state index in [0.717, 1.165) is 18.5 Å². The molecule has 2 N–H and O–H groups in total. The predicted molar refractivity (Wildman–Crippen MR) is 116 cm³/mol. The van der Waals surface area contributed by atoms with Crippen LogP contribution in [-0.2, 0) is 6.42 Å². The number of amides is 1. The minimum absolute atomic E-state index is 0.0303. The summed E-state index contributed by atoms with van der Waals surface area (Å²) in [6.07, 6.45) is 1.60. The van der Waals surface area contributed by atoms with Gasteiger partial charge in [-0.15, -0.1) is 0 Å². The van der Waals surface area contributed by atoms with Crippen LogP contribution in [0.1, 0.15) is 22.3 Å². The van der Waals surface area contributed by atoms with Gasteiger partial charge in [0.1, 0.15) is 11.6 Å². The maximum Gasteiger partial charge on any atom is 0.253 e. The fraction of sp³-hybridized carbons (Fsp3) is 0.240. The number of nitrogens with one attached hydrogen (secondary N) is 1. The Bertz CT molecular complexity index is 992. The molecule has 0 spiro atoms. The van der Waals surface area contributed by atoms with Gasteiger partial charge in [-0.3, -0.25) is 4.79 Å². The number of likely N-dealkylation sites (tertiary alicyclic amines) is 1. The molecule has 3 aromatic carbocycles. The van der Waals surface area contributed by atoms with Gasteiger partial charge in [-0.1, -0.05) is 36.4 Å². The summed E-state index contributed by atoms with van der Waals surface area (Å²) in [5.74, 6) is 0.0359. The summed E-state index contributed by atoms with van der Waals surface area (Å²) >= 11 is 0. The molecule has 2 atom stereocenters. The summed E-state index contributed by atoms with van der Waals surface area (Å²) in [4.78, 5) is 14.9. The summed E-state index contributed by atoms with van der Waals surface area (Å²) < 4.78 is 13.6. The van der Waals surface area contributed by atoms with E-state index in [2.05, 4.69) is 17.4 Å². The first-order valence-electron chi connectivity index (χ1n) is 10.2. The van der Waals surface area contributed by atoms with Gasteiger partial charge in [0, 0.05) is 36.3 Å². The molecule has 4 nitrogen and oxygen atoms in total. The van der Waals surface area contributed by atoms with E-state index in [-0.39, 0.29) is 29.4 Å². The summed E-state index contributed by atoms with van der Waals surface area (Å²) in [6, 6.07) is 23.3. The number of rotatable bonds is 5. The third kappa shape index (κ3) is 4.79. The maximum atomic E-state index is 13.6. The van der Waals surface area contributed by atoms with Gasteiger partial charge in [0.25, 0.3) is 5.91 Å². The number of phenols is 1. The van der Waals surface area contributed by atoms with Crippen LogP contribution in [0.2, 0.25) is 0 Å². The second-order valence-corrected chi connectivity index (χ2v) is 7.80. The number of halogens is 1. The van der Waals surface area contributed by atoms with Crippen molar-refractivity contribution in [1.82, 2.24) is 4.90 Å². The molecule has 154 valence electrons.